The second-order valence-electron chi connectivity index (χ2n) is 4.06. The predicted molar refractivity (Wildman–Crippen MR) is 60.5 cm³/mol. The molecule has 2 heterocycles. The van der Waals surface area contributed by atoms with Crippen molar-refractivity contribution in [1.82, 2.24) is 15.0 Å². The fourth-order valence-corrected chi connectivity index (χ4v) is 1.34. The Hall–Kier alpha value is -1.81. The van der Waals surface area contributed by atoms with Crippen molar-refractivity contribution in [2.24, 2.45) is 0 Å². The van der Waals surface area contributed by atoms with Gasteiger partial charge < -0.3 is 5.11 Å². The first-order valence-corrected chi connectivity index (χ1v) is 5.04. The van der Waals surface area contributed by atoms with Gasteiger partial charge in [0.25, 0.3) is 0 Å². The van der Waals surface area contributed by atoms with Gasteiger partial charge in [-0.1, -0.05) is 0 Å². The molecule has 0 aliphatic carbocycles. The molecule has 0 unspecified atom stereocenters. The molecule has 1 N–H and O–H groups in total. The zero-order chi connectivity index (χ0) is 11.6. The van der Waals surface area contributed by atoms with Crippen LogP contribution in [0.15, 0.2) is 36.8 Å². The van der Waals surface area contributed by atoms with Crippen molar-refractivity contribution in [2.75, 3.05) is 0 Å². The number of pyridine rings is 1. The van der Waals surface area contributed by atoms with Crippen molar-refractivity contribution in [3.05, 3.63) is 42.6 Å². The summed E-state index contributed by atoms with van der Waals surface area (Å²) in [5.74, 6) is 0.418. The van der Waals surface area contributed by atoms with Crippen LogP contribution in [-0.2, 0) is 5.60 Å². The Morgan fingerprint density at radius 1 is 1.06 bits per heavy atom. The number of hydrogen-bond acceptors (Lipinski definition) is 4. The van der Waals surface area contributed by atoms with Crippen LogP contribution in [0.2, 0.25) is 0 Å². The molecule has 0 atom stereocenters. The average molecular weight is 215 g/mol. The molecule has 0 bridgehead atoms. The highest BCUT2D eigenvalue weighted by Gasteiger charge is 2.19. The van der Waals surface area contributed by atoms with Crippen LogP contribution in [0.5, 0.6) is 0 Å². The number of aromatic nitrogens is 3. The third kappa shape index (κ3) is 2.23. The second kappa shape index (κ2) is 3.98. The molecule has 0 fully saturated rings. The first-order valence-electron chi connectivity index (χ1n) is 5.04. The van der Waals surface area contributed by atoms with E-state index in [1.807, 2.05) is 18.2 Å². The van der Waals surface area contributed by atoms with Gasteiger partial charge in [-0.2, -0.15) is 0 Å². The van der Waals surface area contributed by atoms with E-state index in [9.17, 15) is 5.11 Å². The SMILES string of the molecule is CC(C)(O)c1nccc(-c2ccncc2)n1. The van der Waals surface area contributed by atoms with Gasteiger partial charge in [-0.05, 0) is 32.0 Å². The van der Waals surface area contributed by atoms with E-state index in [2.05, 4.69) is 15.0 Å². The Kier molecular flexibility index (Phi) is 2.66. The monoisotopic (exact) mass is 215 g/mol. The van der Waals surface area contributed by atoms with Crippen molar-refractivity contribution in [1.29, 1.82) is 0 Å². The molecule has 82 valence electrons. The van der Waals surface area contributed by atoms with Crippen LogP contribution in [0, 0.1) is 0 Å². The van der Waals surface area contributed by atoms with Crippen molar-refractivity contribution >= 4 is 0 Å². The topological polar surface area (TPSA) is 58.9 Å². The lowest BCUT2D eigenvalue weighted by atomic mass is 10.1. The number of nitrogens with zero attached hydrogens (tertiary/aromatic N) is 3. The smallest absolute Gasteiger partial charge is 0.159 e. The third-order valence-corrected chi connectivity index (χ3v) is 2.18. The summed E-state index contributed by atoms with van der Waals surface area (Å²) in [6.45, 7) is 3.33. The molecule has 0 aromatic carbocycles. The summed E-state index contributed by atoms with van der Waals surface area (Å²) in [6, 6.07) is 5.55. The molecule has 2 aromatic rings. The molecule has 16 heavy (non-hydrogen) atoms. The zero-order valence-electron chi connectivity index (χ0n) is 9.25. The molecule has 0 saturated heterocycles. The minimum atomic E-state index is -1.02. The van der Waals surface area contributed by atoms with Crippen LogP contribution < -0.4 is 0 Å². The van der Waals surface area contributed by atoms with E-state index in [1.165, 1.54) is 0 Å². The molecule has 4 heteroatoms. The quantitative estimate of drug-likeness (QED) is 0.829. The lowest BCUT2D eigenvalue weighted by Gasteiger charge is -2.15. The molecule has 2 rings (SSSR count). The van der Waals surface area contributed by atoms with Gasteiger partial charge in [0.15, 0.2) is 5.82 Å². The van der Waals surface area contributed by atoms with Crippen molar-refractivity contribution in [2.45, 2.75) is 19.4 Å². The molecule has 0 spiro atoms. The molecule has 0 aliphatic rings. The maximum Gasteiger partial charge on any atom is 0.159 e. The van der Waals surface area contributed by atoms with Gasteiger partial charge in [0.2, 0.25) is 0 Å². The van der Waals surface area contributed by atoms with E-state index in [-0.39, 0.29) is 0 Å². The minimum absolute atomic E-state index is 0.418. The van der Waals surface area contributed by atoms with Gasteiger partial charge in [-0.25, -0.2) is 9.97 Å². The van der Waals surface area contributed by atoms with Gasteiger partial charge in [0.1, 0.15) is 5.60 Å². The highest BCUT2D eigenvalue weighted by Crippen LogP contribution is 2.19. The minimum Gasteiger partial charge on any atom is -0.382 e. The van der Waals surface area contributed by atoms with Gasteiger partial charge >= 0.3 is 0 Å². The average Bonchev–Trinajstić information content (AvgIpc) is 2.29. The highest BCUT2D eigenvalue weighted by molar-refractivity contribution is 5.57. The second-order valence-corrected chi connectivity index (χ2v) is 4.06. The van der Waals surface area contributed by atoms with Crippen molar-refractivity contribution < 1.29 is 5.11 Å². The van der Waals surface area contributed by atoms with Gasteiger partial charge in [-0.3, -0.25) is 4.98 Å². The molecule has 0 saturated carbocycles. The summed E-state index contributed by atoms with van der Waals surface area (Å²) in [4.78, 5) is 12.3. The highest BCUT2D eigenvalue weighted by atomic mass is 16.3. The Bertz CT molecular complexity index is 477. The molecular formula is C12H13N3O. The summed E-state index contributed by atoms with van der Waals surface area (Å²) in [7, 11) is 0. The van der Waals surface area contributed by atoms with Gasteiger partial charge in [0.05, 0.1) is 5.69 Å². The fraction of sp³-hybridized carbons (Fsp3) is 0.250. The molecule has 0 amide bonds. The Labute approximate surface area is 94.0 Å². The van der Waals surface area contributed by atoms with E-state index in [1.54, 1.807) is 32.4 Å². The number of aliphatic hydroxyl groups is 1. The maximum atomic E-state index is 9.82. The maximum absolute atomic E-state index is 9.82. The number of rotatable bonds is 2. The first kappa shape index (κ1) is 10.7. The van der Waals surface area contributed by atoms with Crippen LogP contribution >= 0.6 is 0 Å². The lowest BCUT2D eigenvalue weighted by Crippen LogP contribution is -2.19. The summed E-state index contributed by atoms with van der Waals surface area (Å²) in [5, 5.41) is 9.82. The lowest BCUT2D eigenvalue weighted by molar-refractivity contribution is 0.0688. The summed E-state index contributed by atoms with van der Waals surface area (Å²) in [5.41, 5.74) is 0.723. The summed E-state index contributed by atoms with van der Waals surface area (Å²) >= 11 is 0. The van der Waals surface area contributed by atoms with Crippen LogP contribution in [0.3, 0.4) is 0 Å². The van der Waals surface area contributed by atoms with Crippen molar-refractivity contribution in [3.63, 3.8) is 0 Å². The molecular weight excluding hydrogens is 202 g/mol. The van der Waals surface area contributed by atoms with E-state index >= 15 is 0 Å². The van der Waals surface area contributed by atoms with Crippen LogP contribution in [0.1, 0.15) is 19.7 Å². The van der Waals surface area contributed by atoms with E-state index < -0.39 is 5.60 Å². The van der Waals surface area contributed by atoms with Crippen LogP contribution in [-0.4, -0.2) is 20.1 Å². The zero-order valence-corrected chi connectivity index (χ0v) is 9.25. The normalized spacial score (nSPS) is 11.4. The van der Waals surface area contributed by atoms with E-state index in [0.29, 0.717) is 5.82 Å². The molecule has 2 aromatic heterocycles. The predicted octanol–water partition coefficient (Wildman–Crippen LogP) is 1.77. The first-order chi connectivity index (χ1) is 7.57. The Balaban J connectivity index is 2.45. The Morgan fingerprint density at radius 3 is 2.38 bits per heavy atom. The van der Waals surface area contributed by atoms with E-state index in [0.717, 1.165) is 11.3 Å². The van der Waals surface area contributed by atoms with E-state index in [4.69, 9.17) is 0 Å². The molecule has 0 aliphatic heterocycles. The van der Waals surface area contributed by atoms with Crippen LogP contribution in [0.25, 0.3) is 11.3 Å². The summed E-state index contributed by atoms with van der Waals surface area (Å²) < 4.78 is 0. The Morgan fingerprint density at radius 2 is 1.75 bits per heavy atom. The van der Waals surface area contributed by atoms with Gasteiger partial charge in [-0.15, -0.1) is 0 Å². The largest absolute Gasteiger partial charge is 0.382 e. The van der Waals surface area contributed by atoms with Crippen LogP contribution in [0.4, 0.5) is 0 Å². The summed E-state index contributed by atoms with van der Waals surface area (Å²) in [6.07, 6.45) is 5.07. The van der Waals surface area contributed by atoms with Crippen molar-refractivity contribution in [3.8, 4) is 11.3 Å². The fourth-order valence-electron chi connectivity index (χ4n) is 1.34. The molecule has 4 nitrogen and oxygen atoms in total. The number of hydrogen-bond donors (Lipinski definition) is 1. The van der Waals surface area contributed by atoms with Gasteiger partial charge in [0, 0.05) is 24.2 Å². The standard InChI is InChI=1S/C12H13N3O/c1-12(2,16)11-14-8-5-10(15-11)9-3-6-13-7-4-9/h3-8,16H,1-2H3. The molecule has 0 radical (unpaired) electrons. The third-order valence-electron chi connectivity index (χ3n) is 2.18.